The molecule has 6 nitrogen and oxygen atoms in total. The third kappa shape index (κ3) is 4.27. The molecule has 0 saturated carbocycles. The van der Waals surface area contributed by atoms with E-state index < -0.39 is 10.0 Å². The number of piperazine rings is 1. The van der Waals surface area contributed by atoms with Crippen molar-refractivity contribution in [2.24, 2.45) is 0 Å². The van der Waals surface area contributed by atoms with Gasteiger partial charge in [0.1, 0.15) is 0 Å². The number of hydrogen-bond donors (Lipinski definition) is 0. The van der Waals surface area contributed by atoms with Crippen molar-refractivity contribution < 1.29 is 13.2 Å². The lowest BCUT2D eigenvalue weighted by Crippen LogP contribution is -2.47. The molecule has 1 fully saturated rings. The fraction of sp³-hybridized carbons (Fsp3) is 0.316. The number of halogens is 2. The largest absolute Gasteiger partial charge is 0.336 e. The number of anilines is 1. The van der Waals surface area contributed by atoms with Crippen LogP contribution in [0.25, 0.3) is 0 Å². The minimum Gasteiger partial charge on any atom is -0.336 e. The van der Waals surface area contributed by atoms with Crippen molar-refractivity contribution in [3.8, 4) is 0 Å². The standard InChI is InChI=1S/C19H21Cl2N3O3S/c1-22-9-11-24(12-10-22)19(25)17-13-15(5-8-18(17)21)23(2)28(26,27)16-6-3-14(20)4-7-16/h3-8,13H,9-12H2,1-2H3. The van der Waals surface area contributed by atoms with E-state index in [2.05, 4.69) is 4.90 Å². The highest BCUT2D eigenvalue weighted by Crippen LogP contribution is 2.28. The summed E-state index contributed by atoms with van der Waals surface area (Å²) in [6, 6.07) is 10.6. The predicted molar refractivity (Wildman–Crippen MR) is 112 cm³/mol. The lowest BCUT2D eigenvalue weighted by atomic mass is 10.1. The summed E-state index contributed by atoms with van der Waals surface area (Å²) in [7, 11) is -0.349. The molecule has 0 atom stereocenters. The molecule has 0 bridgehead atoms. The molecule has 0 radical (unpaired) electrons. The zero-order chi connectivity index (χ0) is 20.5. The Bertz CT molecular complexity index is 972. The van der Waals surface area contributed by atoms with Crippen LogP contribution in [0.2, 0.25) is 10.0 Å². The highest BCUT2D eigenvalue weighted by molar-refractivity contribution is 7.92. The number of carbonyl (C=O) groups is 1. The summed E-state index contributed by atoms with van der Waals surface area (Å²) in [5.74, 6) is -0.197. The highest BCUT2D eigenvalue weighted by Gasteiger charge is 2.25. The van der Waals surface area contributed by atoms with E-state index in [-0.39, 0.29) is 10.8 Å². The van der Waals surface area contributed by atoms with Gasteiger partial charge in [0.15, 0.2) is 0 Å². The van der Waals surface area contributed by atoms with Crippen molar-refractivity contribution in [1.82, 2.24) is 9.80 Å². The number of rotatable bonds is 4. The quantitative estimate of drug-likeness (QED) is 0.730. The number of sulfonamides is 1. The Morgan fingerprint density at radius 3 is 2.21 bits per heavy atom. The molecule has 9 heteroatoms. The molecule has 150 valence electrons. The SMILES string of the molecule is CN1CCN(C(=O)c2cc(N(C)S(=O)(=O)c3ccc(Cl)cc3)ccc2Cl)CC1. The molecular weight excluding hydrogens is 421 g/mol. The summed E-state index contributed by atoms with van der Waals surface area (Å²) in [5.41, 5.74) is 0.652. The zero-order valence-corrected chi connectivity index (χ0v) is 17.9. The molecule has 0 aromatic heterocycles. The summed E-state index contributed by atoms with van der Waals surface area (Å²) in [6.07, 6.45) is 0. The summed E-state index contributed by atoms with van der Waals surface area (Å²) in [4.78, 5) is 16.9. The van der Waals surface area contributed by atoms with Crippen LogP contribution in [0, 0.1) is 0 Å². The average Bonchev–Trinajstić information content (AvgIpc) is 2.68. The molecule has 0 N–H and O–H groups in total. The summed E-state index contributed by atoms with van der Waals surface area (Å²) < 4.78 is 26.9. The maximum Gasteiger partial charge on any atom is 0.264 e. The van der Waals surface area contributed by atoms with Crippen molar-refractivity contribution in [3.63, 3.8) is 0 Å². The van der Waals surface area contributed by atoms with Crippen molar-refractivity contribution in [1.29, 1.82) is 0 Å². The van der Waals surface area contributed by atoms with Crippen LogP contribution in [0.15, 0.2) is 47.4 Å². The van der Waals surface area contributed by atoms with E-state index >= 15 is 0 Å². The van der Waals surface area contributed by atoms with Gasteiger partial charge in [-0.25, -0.2) is 8.42 Å². The Hall–Kier alpha value is -1.80. The van der Waals surface area contributed by atoms with Gasteiger partial charge in [0, 0.05) is 38.2 Å². The molecule has 1 heterocycles. The van der Waals surface area contributed by atoms with Crippen molar-refractivity contribution in [2.45, 2.75) is 4.90 Å². The van der Waals surface area contributed by atoms with E-state index in [4.69, 9.17) is 23.2 Å². The second kappa shape index (κ2) is 8.29. The molecule has 1 amide bonds. The molecular formula is C19H21Cl2N3O3S. The monoisotopic (exact) mass is 441 g/mol. The second-order valence-corrected chi connectivity index (χ2v) is 9.50. The van der Waals surface area contributed by atoms with Crippen molar-refractivity contribution in [2.75, 3.05) is 44.6 Å². The Labute approximate surface area is 175 Å². The van der Waals surface area contributed by atoms with Gasteiger partial charge in [0.25, 0.3) is 15.9 Å². The number of amides is 1. The first-order valence-corrected chi connectivity index (χ1v) is 10.9. The Balaban J connectivity index is 1.90. The van der Waals surface area contributed by atoms with E-state index in [0.717, 1.165) is 17.4 Å². The smallest absolute Gasteiger partial charge is 0.264 e. The minimum absolute atomic E-state index is 0.112. The van der Waals surface area contributed by atoms with E-state index in [1.165, 1.54) is 37.4 Å². The van der Waals surface area contributed by atoms with Crippen LogP contribution in [0.3, 0.4) is 0 Å². The Morgan fingerprint density at radius 1 is 1.00 bits per heavy atom. The van der Waals surface area contributed by atoms with Gasteiger partial charge in [-0.1, -0.05) is 23.2 Å². The molecule has 0 unspecified atom stereocenters. The van der Waals surface area contributed by atoms with Gasteiger partial charge in [-0.05, 0) is 49.5 Å². The van der Waals surface area contributed by atoms with E-state index in [9.17, 15) is 13.2 Å². The fourth-order valence-corrected chi connectivity index (χ4v) is 4.47. The fourth-order valence-electron chi connectivity index (χ4n) is 2.96. The maximum atomic E-state index is 12.9. The van der Waals surface area contributed by atoms with Gasteiger partial charge >= 0.3 is 0 Å². The molecule has 1 saturated heterocycles. The van der Waals surface area contributed by atoms with Crippen LogP contribution in [0.5, 0.6) is 0 Å². The van der Waals surface area contributed by atoms with Crippen LogP contribution >= 0.6 is 23.2 Å². The highest BCUT2D eigenvalue weighted by atomic mass is 35.5. The molecule has 28 heavy (non-hydrogen) atoms. The second-order valence-electron chi connectivity index (χ2n) is 6.69. The first-order valence-electron chi connectivity index (χ1n) is 8.72. The van der Waals surface area contributed by atoms with E-state index in [1.54, 1.807) is 17.0 Å². The zero-order valence-electron chi connectivity index (χ0n) is 15.6. The summed E-state index contributed by atoms with van der Waals surface area (Å²) in [5, 5.41) is 0.748. The van der Waals surface area contributed by atoms with Crippen LogP contribution in [0.1, 0.15) is 10.4 Å². The van der Waals surface area contributed by atoms with E-state index in [1.807, 2.05) is 7.05 Å². The Morgan fingerprint density at radius 2 is 1.61 bits per heavy atom. The van der Waals surface area contributed by atoms with Gasteiger partial charge in [-0.15, -0.1) is 0 Å². The molecule has 2 aromatic carbocycles. The maximum absolute atomic E-state index is 12.9. The average molecular weight is 442 g/mol. The predicted octanol–water partition coefficient (Wildman–Crippen LogP) is 3.21. The number of hydrogen-bond acceptors (Lipinski definition) is 4. The van der Waals surface area contributed by atoms with Crippen LogP contribution < -0.4 is 4.31 Å². The number of benzene rings is 2. The van der Waals surface area contributed by atoms with Crippen LogP contribution in [-0.2, 0) is 10.0 Å². The lowest BCUT2D eigenvalue weighted by Gasteiger charge is -2.32. The van der Waals surface area contributed by atoms with Crippen LogP contribution in [-0.4, -0.2) is 64.4 Å². The third-order valence-corrected chi connectivity index (χ3v) is 7.19. The number of nitrogens with zero attached hydrogens (tertiary/aromatic N) is 3. The lowest BCUT2D eigenvalue weighted by molar-refractivity contribution is 0.0664. The number of carbonyl (C=O) groups excluding carboxylic acids is 1. The first kappa shape index (κ1) is 20.9. The van der Waals surface area contributed by atoms with Gasteiger partial charge in [0.2, 0.25) is 0 Å². The van der Waals surface area contributed by atoms with E-state index in [0.29, 0.717) is 34.4 Å². The van der Waals surface area contributed by atoms with Gasteiger partial charge in [-0.2, -0.15) is 0 Å². The van der Waals surface area contributed by atoms with Gasteiger partial charge in [-0.3, -0.25) is 9.10 Å². The van der Waals surface area contributed by atoms with Crippen molar-refractivity contribution >= 4 is 44.8 Å². The summed E-state index contributed by atoms with van der Waals surface area (Å²) in [6.45, 7) is 2.78. The van der Waals surface area contributed by atoms with Crippen molar-refractivity contribution in [3.05, 3.63) is 58.1 Å². The third-order valence-electron chi connectivity index (χ3n) is 4.81. The Kier molecular flexibility index (Phi) is 6.19. The van der Waals surface area contributed by atoms with Gasteiger partial charge < -0.3 is 9.80 Å². The topological polar surface area (TPSA) is 60.9 Å². The normalized spacial score (nSPS) is 15.5. The summed E-state index contributed by atoms with van der Waals surface area (Å²) >= 11 is 12.1. The molecule has 2 aromatic rings. The molecule has 3 rings (SSSR count). The minimum atomic E-state index is -3.80. The number of likely N-dealkylation sites (N-methyl/N-ethyl adjacent to an activating group) is 1. The van der Waals surface area contributed by atoms with Crippen LogP contribution in [0.4, 0.5) is 5.69 Å². The van der Waals surface area contributed by atoms with Gasteiger partial charge in [0.05, 0.1) is 21.2 Å². The molecule has 0 spiro atoms. The first-order chi connectivity index (χ1) is 13.2. The molecule has 1 aliphatic rings. The molecule has 1 aliphatic heterocycles. The molecule has 0 aliphatic carbocycles.